The van der Waals surface area contributed by atoms with Gasteiger partial charge in [0.25, 0.3) is 0 Å². The minimum Gasteiger partial charge on any atom is -0.382 e. The van der Waals surface area contributed by atoms with E-state index >= 15 is 0 Å². The van der Waals surface area contributed by atoms with Crippen molar-refractivity contribution in [2.45, 2.75) is 11.4 Å². The fraction of sp³-hybridized carbons (Fsp3) is 0.167. The number of hydrogen-bond acceptors (Lipinski definition) is 3. The van der Waals surface area contributed by atoms with E-state index in [4.69, 9.17) is 0 Å². The van der Waals surface area contributed by atoms with Gasteiger partial charge in [-0.05, 0) is 46.4 Å². The number of ketones is 1. The summed E-state index contributed by atoms with van der Waals surface area (Å²) in [5.41, 5.74) is 0.710. The number of allylic oxidation sites excluding steroid dienone is 1. The minimum absolute atomic E-state index is 0.183. The van der Waals surface area contributed by atoms with E-state index in [1.54, 1.807) is 7.05 Å². The molecule has 0 spiro atoms. The van der Waals surface area contributed by atoms with Crippen molar-refractivity contribution < 1.29 is 18.0 Å². The highest BCUT2D eigenvalue weighted by Crippen LogP contribution is 2.48. The molecule has 0 amide bonds. The van der Waals surface area contributed by atoms with Crippen molar-refractivity contribution in [3.8, 4) is 0 Å². The molecule has 0 bridgehead atoms. The van der Waals surface area contributed by atoms with E-state index in [9.17, 15) is 18.0 Å². The number of benzene rings is 2. The number of nitrogens with one attached hydrogen (secondary N) is 1. The molecule has 1 aliphatic rings. The molecule has 0 saturated carbocycles. The monoisotopic (exact) mass is 475 g/mol. The first-order chi connectivity index (χ1) is 11.8. The third-order valence-corrected chi connectivity index (χ3v) is 6.15. The third kappa shape index (κ3) is 3.57. The number of hydrogen-bond donors (Lipinski definition) is 1. The average Bonchev–Trinajstić information content (AvgIpc) is 2.91. The summed E-state index contributed by atoms with van der Waals surface area (Å²) in [6.45, 7) is 0. The van der Waals surface area contributed by atoms with E-state index < -0.39 is 17.0 Å². The van der Waals surface area contributed by atoms with Crippen molar-refractivity contribution in [1.29, 1.82) is 0 Å². The number of thioether (sulfide) groups is 1. The van der Waals surface area contributed by atoms with Gasteiger partial charge in [-0.3, -0.25) is 4.79 Å². The number of rotatable bonds is 3. The van der Waals surface area contributed by atoms with Gasteiger partial charge in [0.1, 0.15) is 0 Å². The lowest BCUT2D eigenvalue weighted by Gasteiger charge is -2.12. The molecular formula is C18H13F3INOS. The van der Waals surface area contributed by atoms with Crippen molar-refractivity contribution in [1.82, 2.24) is 5.32 Å². The van der Waals surface area contributed by atoms with E-state index in [0.29, 0.717) is 19.7 Å². The van der Waals surface area contributed by atoms with Gasteiger partial charge in [-0.15, -0.1) is 0 Å². The first kappa shape index (κ1) is 18.3. The Hall–Kier alpha value is -1.48. The standard InChI is InChI=1S/C18H13F3INOS/c1-23-17-14(12-9-11(18(19,20)21)7-8-13(12)22)15(24)16(25-17)10-5-3-2-4-6-10/h2-9,16,23H,1H3. The molecule has 130 valence electrons. The van der Waals surface area contributed by atoms with Gasteiger partial charge in [0, 0.05) is 16.2 Å². The Balaban J connectivity index is 2.08. The van der Waals surface area contributed by atoms with Crippen LogP contribution in [0, 0.1) is 3.57 Å². The molecule has 1 unspecified atom stereocenters. The van der Waals surface area contributed by atoms with Gasteiger partial charge in [0.2, 0.25) is 0 Å². The lowest BCUT2D eigenvalue weighted by Crippen LogP contribution is -2.11. The molecule has 1 N–H and O–H groups in total. The van der Waals surface area contributed by atoms with Crippen LogP contribution in [0.4, 0.5) is 13.2 Å². The van der Waals surface area contributed by atoms with Crippen LogP contribution >= 0.6 is 34.4 Å². The van der Waals surface area contributed by atoms with Gasteiger partial charge in [0.05, 0.1) is 21.4 Å². The summed E-state index contributed by atoms with van der Waals surface area (Å²) < 4.78 is 39.8. The van der Waals surface area contributed by atoms with Crippen molar-refractivity contribution >= 4 is 45.7 Å². The first-order valence-electron chi connectivity index (χ1n) is 7.38. The second-order valence-electron chi connectivity index (χ2n) is 5.42. The van der Waals surface area contributed by atoms with Crippen LogP contribution in [0.15, 0.2) is 53.6 Å². The zero-order valence-electron chi connectivity index (χ0n) is 13.0. The van der Waals surface area contributed by atoms with Crippen LogP contribution in [0.3, 0.4) is 0 Å². The summed E-state index contributed by atoms with van der Waals surface area (Å²) >= 11 is 3.29. The zero-order valence-corrected chi connectivity index (χ0v) is 16.0. The normalized spacial score (nSPS) is 18.0. The Kier molecular flexibility index (Phi) is 5.15. The molecule has 2 aromatic rings. The maximum Gasteiger partial charge on any atom is 0.416 e. The molecule has 3 rings (SSSR count). The Morgan fingerprint density at radius 3 is 2.40 bits per heavy atom. The number of carbonyl (C=O) groups excluding carboxylic acids is 1. The topological polar surface area (TPSA) is 29.1 Å². The fourth-order valence-corrected chi connectivity index (χ4v) is 4.46. The SMILES string of the molecule is CNC1=C(c2cc(C(F)(F)F)ccc2I)C(=O)C(c2ccccc2)S1. The smallest absolute Gasteiger partial charge is 0.382 e. The van der Waals surface area contributed by atoms with Gasteiger partial charge in [0.15, 0.2) is 5.78 Å². The van der Waals surface area contributed by atoms with E-state index in [1.807, 2.05) is 52.9 Å². The van der Waals surface area contributed by atoms with Crippen molar-refractivity contribution in [3.05, 3.63) is 73.8 Å². The Morgan fingerprint density at radius 1 is 1.12 bits per heavy atom. The van der Waals surface area contributed by atoms with Crippen LogP contribution < -0.4 is 5.32 Å². The lowest BCUT2D eigenvalue weighted by molar-refractivity contribution is -0.137. The third-order valence-electron chi connectivity index (χ3n) is 3.84. The maximum absolute atomic E-state index is 13.1. The average molecular weight is 475 g/mol. The second-order valence-corrected chi connectivity index (χ2v) is 7.70. The zero-order chi connectivity index (χ0) is 18.2. The summed E-state index contributed by atoms with van der Waals surface area (Å²) in [5.74, 6) is -0.183. The van der Waals surface area contributed by atoms with Crippen molar-refractivity contribution in [3.63, 3.8) is 0 Å². The quantitative estimate of drug-likeness (QED) is 0.615. The summed E-state index contributed by atoms with van der Waals surface area (Å²) in [6.07, 6.45) is -4.45. The van der Waals surface area contributed by atoms with Crippen LogP contribution in [0.2, 0.25) is 0 Å². The van der Waals surface area contributed by atoms with Gasteiger partial charge < -0.3 is 5.32 Å². The molecule has 0 aliphatic carbocycles. The summed E-state index contributed by atoms with van der Waals surface area (Å²) in [4.78, 5) is 13.0. The fourth-order valence-electron chi connectivity index (χ4n) is 2.65. The van der Waals surface area contributed by atoms with Crippen LogP contribution in [-0.2, 0) is 11.0 Å². The number of halogens is 4. The molecule has 0 radical (unpaired) electrons. The van der Waals surface area contributed by atoms with Crippen molar-refractivity contribution in [2.75, 3.05) is 7.05 Å². The highest BCUT2D eigenvalue weighted by atomic mass is 127. The Labute approximate surface area is 161 Å². The predicted octanol–water partition coefficient (Wildman–Crippen LogP) is 5.26. The number of Topliss-reactive ketones (excluding diaryl/α,β-unsaturated/α-hetero) is 1. The maximum atomic E-state index is 13.1. The van der Waals surface area contributed by atoms with Gasteiger partial charge >= 0.3 is 6.18 Å². The lowest BCUT2D eigenvalue weighted by atomic mass is 9.96. The molecule has 1 atom stereocenters. The molecular weight excluding hydrogens is 462 g/mol. The first-order valence-corrected chi connectivity index (χ1v) is 9.33. The number of alkyl halides is 3. The van der Waals surface area contributed by atoms with Gasteiger partial charge in [-0.25, -0.2) is 0 Å². The van der Waals surface area contributed by atoms with Crippen LogP contribution in [0.25, 0.3) is 5.57 Å². The van der Waals surface area contributed by atoms with Crippen LogP contribution in [0.5, 0.6) is 0 Å². The summed E-state index contributed by atoms with van der Waals surface area (Å²) in [7, 11) is 1.67. The molecule has 0 fully saturated rings. The number of carbonyl (C=O) groups is 1. The van der Waals surface area contributed by atoms with Crippen LogP contribution in [-0.4, -0.2) is 12.8 Å². The molecule has 7 heteroatoms. The molecule has 0 saturated heterocycles. The van der Waals surface area contributed by atoms with E-state index in [1.165, 1.54) is 17.8 Å². The second kappa shape index (κ2) is 7.03. The molecule has 2 nitrogen and oxygen atoms in total. The van der Waals surface area contributed by atoms with E-state index in [2.05, 4.69) is 5.32 Å². The minimum atomic E-state index is -4.45. The molecule has 1 aliphatic heterocycles. The highest BCUT2D eigenvalue weighted by Gasteiger charge is 2.38. The van der Waals surface area contributed by atoms with Crippen LogP contribution in [0.1, 0.15) is 21.9 Å². The molecule has 25 heavy (non-hydrogen) atoms. The van der Waals surface area contributed by atoms with Gasteiger partial charge in [-0.2, -0.15) is 13.2 Å². The van der Waals surface area contributed by atoms with E-state index in [0.717, 1.165) is 17.7 Å². The highest BCUT2D eigenvalue weighted by molar-refractivity contribution is 14.1. The molecule has 1 heterocycles. The largest absolute Gasteiger partial charge is 0.416 e. The Bertz CT molecular complexity index is 849. The predicted molar refractivity (Wildman–Crippen MR) is 102 cm³/mol. The van der Waals surface area contributed by atoms with Crippen molar-refractivity contribution in [2.24, 2.45) is 0 Å². The molecule has 0 aromatic heterocycles. The Morgan fingerprint density at radius 2 is 1.80 bits per heavy atom. The van der Waals surface area contributed by atoms with E-state index in [-0.39, 0.29) is 5.78 Å². The molecule has 2 aromatic carbocycles. The summed E-state index contributed by atoms with van der Waals surface area (Å²) in [5, 5.41) is 3.10. The van der Waals surface area contributed by atoms with Gasteiger partial charge in [-0.1, -0.05) is 42.1 Å². The summed E-state index contributed by atoms with van der Waals surface area (Å²) in [6, 6.07) is 12.7.